The van der Waals surface area contributed by atoms with Crippen LogP contribution in [0.3, 0.4) is 0 Å². The van der Waals surface area contributed by atoms with Crippen molar-refractivity contribution in [2.45, 2.75) is 19.4 Å². The fraction of sp³-hybridized carbons (Fsp3) is 0.357. The molecule has 1 N–H and O–H groups in total. The number of nitrogens with one attached hydrogen (secondary N) is 1. The van der Waals surface area contributed by atoms with Gasteiger partial charge in [-0.25, -0.2) is 0 Å². The topological polar surface area (TPSA) is 38.3 Å². The van der Waals surface area contributed by atoms with Gasteiger partial charge in [0.05, 0.1) is 13.7 Å². The Bertz CT molecular complexity index is 403. The average molecular weight is 231 g/mol. The second-order valence-electron chi connectivity index (χ2n) is 3.57. The van der Waals surface area contributed by atoms with Gasteiger partial charge in [0, 0.05) is 0 Å². The lowest BCUT2D eigenvalue weighted by Crippen LogP contribution is -2.39. The molecule has 3 nitrogen and oxygen atoms in total. The van der Waals surface area contributed by atoms with Gasteiger partial charge in [0.1, 0.15) is 6.04 Å². The first-order valence-electron chi connectivity index (χ1n) is 5.52. The fourth-order valence-corrected chi connectivity index (χ4v) is 1.49. The number of hydrogen-bond acceptors (Lipinski definition) is 3. The van der Waals surface area contributed by atoms with Gasteiger partial charge in [0.25, 0.3) is 0 Å². The quantitative estimate of drug-likeness (QED) is 0.614. The van der Waals surface area contributed by atoms with E-state index in [0.717, 1.165) is 5.56 Å². The third-order valence-corrected chi connectivity index (χ3v) is 2.38. The predicted octanol–water partition coefficient (Wildman–Crippen LogP) is 1.38. The highest BCUT2D eigenvalue weighted by Gasteiger charge is 2.18. The van der Waals surface area contributed by atoms with E-state index >= 15 is 0 Å². The minimum atomic E-state index is -0.344. The zero-order valence-corrected chi connectivity index (χ0v) is 10.2. The molecule has 0 bridgehead atoms. The first kappa shape index (κ1) is 13.3. The molecule has 0 radical (unpaired) electrons. The van der Waals surface area contributed by atoms with E-state index in [1.54, 1.807) is 6.92 Å². The van der Waals surface area contributed by atoms with Crippen LogP contribution in [0.2, 0.25) is 0 Å². The maximum absolute atomic E-state index is 11.6. The lowest BCUT2D eigenvalue weighted by Gasteiger charge is -2.14. The minimum absolute atomic E-state index is 0.258. The summed E-state index contributed by atoms with van der Waals surface area (Å²) >= 11 is 0. The van der Waals surface area contributed by atoms with Crippen molar-refractivity contribution in [2.24, 2.45) is 0 Å². The molecule has 3 heteroatoms. The molecular weight excluding hydrogens is 214 g/mol. The van der Waals surface area contributed by atoms with Crippen LogP contribution in [0, 0.1) is 11.8 Å². The van der Waals surface area contributed by atoms with Crippen LogP contribution in [-0.4, -0.2) is 25.7 Å². The van der Waals surface area contributed by atoms with E-state index in [-0.39, 0.29) is 12.0 Å². The van der Waals surface area contributed by atoms with E-state index in [1.165, 1.54) is 7.11 Å². The van der Waals surface area contributed by atoms with Gasteiger partial charge in [-0.3, -0.25) is 10.1 Å². The number of esters is 1. The Labute approximate surface area is 102 Å². The van der Waals surface area contributed by atoms with Gasteiger partial charge in [-0.1, -0.05) is 36.3 Å². The molecule has 1 atom stereocenters. The van der Waals surface area contributed by atoms with Crippen LogP contribution in [0.25, 0.3) is 0 Å². The standard InChI is InChI=1S/C14H17NO2/c1-3-4-10-15-13(14(16)17-2)11-12-8-6-5-7-9-12/h5-9,13,15H,10-11H2,1-2H3. The molecule has 1 rings (SSSR count). The van der Waals surface area contributed by atoms with Crippen molar-refractivity contribution in [3.8, 4) is 11.8 Å². The first-order valence-corrected chi connectivity index (χ1v) is 5.52. The van der Waals surface area contributed by atoms with Gasteiger partial charge in [-0.05, 0) is 18.9 Å². The van der Waals surface area contributed by atoms with Crippen molar-refractivity contribution >= 4 is 5.97 Å². The van der Waals surface area contributed by atoms with Gasteiger partial charge in [-0.2, -0.15) is 0 Å². The summed E-state index contributed by atoms with van der Waals surface area (Å²) in [5, 5.41) is 3.07. The monoisotopic (exact) mass is 231 g/mol. The summed E-state index contributed by atoms with van der Waals surface area (Å²) in [7, 11) is 1.40. The first-order chi connectivity index (χ1) is 8.27. The van der Waals surface area contributed by atoms with E-state index in [2.05, 4.69) is 17.2 Å². The van der Waals surface area contributed by atoms with Crippen LogP contribution in [-0.2, 0) is 16.0 Å². The van der Waals surface area contributed by atoms with E-state index in [9.17, 15) is 4.79 Å². The third-order valence-electron chi connectivity index (χ3n) is 2.38. The van der Waals surface area contributed by atoms with E-state index in [1.807, 2.05) is 30.3 Å². The molecule has 0 aliphatic rings. The average Bonchev–Trinajstić information content (AvgIpc) is 2.38. The van der Waals surface area contributed by atoms with Gasteiger partial charge >= 0.3 is 5.97 Å². The summed E-state index contributed by atoms with van der Waals surface area (Å²) in [4.78, 5) is 11.6. The maximum atomic E-state index is 11.6. The molecule has 0 fully saturated rings. The van der Waals surface area contributed by atoms with Crippen molar-refractivity contribution in [1.82, 2.24) is 5.32 Å². The Morgan fingerprint density at radius 1 is 1.41 bits per heavy atom. The number of methoxy groups -OCH3 is 1. The molecule has 0 saturated carbocycles. The maximum Gasteiger partial charge on any atom is 0.323 e. The molecular formula is C14H17NO2. The van der Waals surface area contributed by atoms with Crippen molar-refractivity contribution < 1.29 is 9.53 Å². The van der Waals surface area contributed by atoms with E-state index in [4.69, 9.17) is 4.74 Å². The number of carbonyl (C=O) groups excluding carboxylic acids is 1. The largest absolute Gasteiger partial charge is 0.468 e. The summed E-state index contributed by atoms with van der Waals surface area (Å²) in [6, 6.07) is 9.49. The zero-order chi connectivity index (χ0) is 12.5. The highest BCUT2D eigenvalue weighted by molar-refractivity contribution is 5.76. The molecule has 0 aromatic heterocycles. The van der Waals surface area contributed by atoms with Crippen LogP contribution >= 0.6 is 0 Å². The van der Waals surface area contributed by atoms with Crippen molar-refractivity contribution in [3.05, 3.63) is 35.9 Å². The molecule has 90 valence electrons. The molecule has 0 heterocycles. The van der Waals surface area contributed by atoms with Crippen LogP contribution in [0.15, 0.2) is 30.3 Å². The summed E-state index contributed by atoms with van der Waals surface area (Å²) < 4.78 is 4.77. The number of carbonyl (C=O) groups is 1. The van der Waals surface area contributed by atoms with E-state index in [0.29, 0.717) is 13.0 Å². The number of benzene rings is 1. The number of hydrogen-bond donors (Lipinski definition) is 1. The number of ether oxygens (including phenoxy) is 1. The second-order valence-corrected chi connectivity index (χ2v) is 3.57. The number of rotatable bonds is 5. The molecule has 1 unspecified atom stereocenters. The fourth-order valence-electron chi connectivity index (χ4n) is 1.49. The van der Waals surface area contributed by atoms with Crippen LogP contribution in [0.4, 0.5) is 0 Å². The predicted molar refractivity (Wildman–Crippen MR) is 67.4 cm³/mol. The Kier molecular flexibility index (Phi) is 5.84. The van der Waals surface area contributed by atoms with Crippen molar-refractivity contribution in [1.29, 1.82) is 0 Å². The van der Waals surface area contributed by atoms with Gasteiger partial charge in [0.2, 0.25) is 0 Å². The molecule has 1 aromatic rings. The molecule has 0 aliphatic heterocycles. The van der Waals surface area contributed by atoms with Crippen LogP contribution < -0.4 is 5.32 Å². The zero-order valence-electron chi connectivity index (χ0n) is 10.2. The minimum Gasteiger partial charge on any atom is -0.468 e. The lowest BCUT2D eigenvalue weighted by molar-refractivity contribution is -0.143. The van der Waals surface area contributed by atoms with Gasteiger partial charge in [-0.15, -0.1) is 5.92 Å². The molecule has 0 aliphatic carbocycles. The third kappa shape index (κ3) is 4.71. The summed E-state index contributed by atoms with van der Waals surface area (Å²) in [6.45, 7) is 2.26. The van der Waals surface area contributed by atoms with Crippen molar-refractivity contribution in [3.63, 3.8) is 0 Å². The molecule has 1 aromatic carbocycles. The lowest BCUT2D eigenvalue weighted by atomic mass is 10.1. The van der Waals surface area contributed by atoms with E-state index < -0.39 is 0 Å². The molecule has 0 amide bonds. The normalized spacial score (nSPS) is 11.2. The highest BCUT2D eigenvalue weighted by Crippen LogP contribution is 2.04. The van der Waals surface area contributed by atoms with Crippen LogP contribution in [0.5, 0.6) is 0 Å². The molecule has 0 spiro atoms. The Balaban J connectivity index is 2.62. The van der Waals surface area contributed by atoms with Gasteiger partial charge < -0.3 is 4.74 Å². The smallest absolute Gasteiger partial charge is 0.323 e. The summed E-state index contributed by atoms with van der Waals surface area (Å²) in [6.07, 6.45) is 0.610. The Morgan fingerprint density at radius 2 is 2.12 bits per heavy atom. The highest BCUT2D eigenvalue weighted by atomic mass is 16.5. The van der Waals surface area contributed by atoms with Gasteiger partial charge in [0.15, 0.2) is 0 Å². The molecule has 17 heavy (non-hydrogen) atoms. The summed E-state index contributed by atoms with van der Waals surface area (Å²) in [5.41, 5.74) is 1.10. The Morgan fingerprint density at radius 3 is 2.71 bits per heavy atom. The van der Waals surface area contributed by atoms with Crippen LogP contribution in [0.1, 0.15) is 12.5 Å². The van der Waals surface area contributed by atoms with Crippen molar-refractivity contribution in [2.75, 3.05) is 13.7 Å². The molecule has 0 saturated heterocycles. The summed E-state index contributed by atoms with van der Waals surface area (Å²) in [5.74, 6) is 5.40. The second kappa shape index (κ2) is 7.48. The Hall–Kier alpha value is -1.79. The SMILES string of the molecule is CC#CCNC(Cc1ccccc1)C(=O)OC.